The van der Waals surface area contributed by atoms with E-state index in [1.807, 2.05) is 0 Å². The first-order valence-corrected chi connectivity index (χ1v) is 8.72. The number of benzene rings is 2. The molecule has 1 heterocycles. The van der Waals surface area contributed by atoms with Gasteiger partial charge in [0, 0.05) is 18.2 Å². The van der Waals surface area contributed by atoms with E-state index in [-0.39, 0.29) is 0 Å². The topological polar surface area (TPSA) is 30.7 Å². The average molecular weight is 311 g/mol. The van der Waals surface area contributed by atoms with Gasteiger partial charge in [0.1, 0.15) is 5.82 Å². The van der Waals surface area contributed by atoms with Gasteiger partial charge in [0.15, 0.2) is 5.16 Å². The Kier molecular flexibility index (Phi) is 4.48. The molecular weight excluding hydrogens is 290 g/mol. The summed E-state index contributed by atoms with van der Waals surface area (Å²) >= 11 is 1.77. The molecule has 2 aromatic carbocycles. The lowest BCUT2D eigenvalue weighted by atomic mass is 10.1. The molecule has 4 heteroatoms. The van der Waals surface area contributed by atoms with Gasteiger partial charge in [0.05, 0.1) is 0 Å². The smallest absolute Gasteiger partial charge is 0.191 e. The van der Waals surface area contributed by atoms with Gasteiger partial charge in [-0.1, -0.05) is 61.2 Å². The van der Waals surface area contributed by atoms with Crippen LogP contribution in [0.1, 0.15) is 38.2 Å². The maximum absolute atomic E-state index is 4.38. The molecule has 0 N–H and O–H groups in total. The number of aromatic nitrogens is 3. The molecule has 114 valence electrons. The van der Waals surface area contributed by atoms with E-state index < -0.39 is 0 Å². The van der Waals surface area contributed by atoms with Gasteiger partial charge in [-0.15, -0.1) is 10.2 Å². The van der Waals surface area contributed by atoms with Crippen LogP contribution in [0, 0.1) is 0 Å². The Labute approximate surface area is 135 Å². The van der Waals surface area contributed by atoms with Crippen molar-refractivity contribution in [3.63, 3.8) is 0 Å². The summed E-state index contributed by atoms with van der Waals surface area (Å²) in [5.41, 5.74) is 1.35. The van der Waals surface area contributed by atoms with Crippen LogP contribution >= 0.6 is 11.8 Å². The molecule has 0 aliphatic rings. The van der Waals surface area contributed by atoms with Gasteiger partial charge in [-0.2, -0.15) is 0 Å². The number of hydrogen-bond donors (Lipinski definition) is 0. The zero-order valence-corrected chi connectivity index (χ0v) is 14.1. The lowest BCUT2D eigenvalue weighted by Gasteiger charge is -2.13. The molecule has 1 aromatic heterocycles. The molecule has 0 aliphatic heterocycles. The molecule has 22 heavy (non-hydrogen) atoms. The Bertz CT molecular complexity index is 772. The van der Waals surface area contributed by atoms with E-state index in [4.69, 9.17) is 0 Å². The third-order valence-electron chi connectivity index (χ3n) is 3.80. The molecule has 0 atom stereocenters. The van der Waals surface area contributed by atoms with Crippen molar-refractivity contribution in [1.82, 2.24) is 14.8 Å². The molecule has 0 bridgehead atoms. The van der Waals surface area contributed by atoms with Crippen LogP contribution < -0.4 is 0 Å². The summed E-state index contributed by atoms with van der Waals surface area (Å²) in [5, 5.41) is 12.3. The van der Waals surface area contributed by atoms with Gasteiger partial charge in [0.2, 0.25) is 0 Å². The number of rotatable bonds is 5. The average Bonchev–Trinajstić information content (AvgIpc) is 2.96. The molecule has 0 spiro atoms. The molecule has 0 saturated carbocycles. The molecule has 3 nitrogen and oxygen atoms in total. The second-order valence-electron chi connectivity index (χ2n) is 5.64. The summed E-state index contributed by atoms with van der Waals surface area (Å²) in [5.74, 6) is 1.98. The Morgan fingerprint density at radius 1 is 1.05 bits per heavy atom. The van der Waals surface area contributed by atoms with Crippen molar-refractivity contribution in [2.45, 2.75) is 44.1 Å². The van der Waals surface area contributed by atoms with Crippen molar-refractivity contribution in [1.29, 1.82) is 0 Å². The largest absolute Gasteiger partial charge is 0.303 e. The van der Waals surface area contributed by atoms with Crippen LogP contribution in [0.5, 0.6) is 0 Å². The second kappa shape index (κ2) is 6.53. The third-order valence-corrected chi connectivity index (χ3v) is 4.80. The van der Waals surface area contributed by atoms with Crippen molar-refractivity contribution >= 4 is 22.5 Å². The van der Waals surface area contributed by atoms with E-state index in [0.717, 1.165) is 23.2 Å². The Morgan fingerprint density at radius 3 is 2.59 bits per heavy atom. The second-order valence-corrected chi connectivity index (χ2v) is 6.59. The minimum atomic E-state index is 0.389. The van der Waals surface area contributed by atoms with Crippen LogP contribution in [-0.4, -0.2) is 14.8 Å². The molecular formula is C18H21N3S. The van der Waals surface area contributed by atoms with Crippen LogP contribution in [0.2, 0.25) is 0 Å². The molecule has 0 saturated heterocycles. The summed E-state index contributed by atoms with van der Waals surface area (Å²) in [4.78, 5) is 0. The van der Waals surface area contributed by atoms with Crippen LogP contribution in [0.4, 0.5) is 0 Å². The number of aryl methyl sites for hydroxylation is 1. The minimum Gasteiger partial charge on any atom is -0.303 e. The Hall–Kier alpha value is -1.81. The van der Waals surface area contributed by atoms with Crippen molar-refractivity contribution in [2.75, 3.05) is 0 Å². The fraction of sp³-hybridized carbons (Fsp3) is 0.333. The number of nitrogens with zero attached hydrogens (tertiary/aromatic N) is 3. The van der Waals surface area contributed by atoms with Gasteiger partial charge in [-0.3, -0.25) is 0 Å². The first-order valence-electron chi connectivity index (χ1n) is 7.74. The SMILES string of the molecule is CCc1nnc(SCc2cccc3ccccc23)n1C(C)C. The zero-order chi connectivity index (χ0) is 15.5. The normalized spacial score (nSPS) is 11.5. The van der Waals surface area contributed by atoms with Crippen LogP contribution in [0.25, 0.3) is 10.8 Å². The molecule has 3 rings (SSSR count). The predicted octanol–water partition coefficient (Wildman–Crippen LogP) is 4.87. The Morgan fingerprint density at radius 2 is 1.82 bits per heavy atom. The number of thioether (sulfide) groups is 1. The van der Waals surface area contributed by atoms with Crippen molar-refractivity contribution in [3.05, 3.63) is 53.9 Å². The molecule has 0 unspecified atom stereocenters. The molecule has 0 amide bonds. The molecule has 0 radical (unpaired) electrons. The quantitative estimate of drug-likeness (QED) is 0.630. The van der Waals surface area contributed by atoms with E-state index in [2.05, 4.69) is 78.0 Å². The van der Waals surface area contributed by atoms with E-state index in [1.165, 1.54) is 16.3 Å². The summed E-state index contributed by atoms with van der Waals surface area (Å²) in [6, 6.07) is 15.4. The minimum absolute atomic E-state index is 0.389. The maximum atomic E-state index is 4.38. The first kappa shape index (κ1) is 15.1. The highest BCUT2D eigenvalue weighted by atomic mass is 32.2. The van der Waals surface area contributed by atoms with Crippen LogP contribution in [0.3, 0.4) is 0 Å². The standard InChI is InChI=1S/C18H21N3S/c1-4-17-19-20-18(21(17)13(2)3)22-12-15-10-7-9-14-8-5-6-11-16(14)15/h5-11,13H,4,12H2,1-3H3. The summed E-state index contributed by atoms with van der Waals surface area (Å²) in [6.07, 6.45) is 0.917. The van der Waals surface area contributed by atoms with Gasteiger partial charge >= 0.3 is 0 Å². The molecule has 0 fully saturated rings. The first-order chi connectivity index (χ1) is 10.7. The summed E-state index contributed by atoms with van der Waals surface area (Å²) < 4.78 is 2.25. The van der Waals surface area contributed by atoms with Gasteiger partial charge in [-0.05, 0) is 30.2 Å². The maximum Gasteiger partial charge on any atom is 0.191 e. The van der Waals surface area contributed by atoms with E-state index in [0.29, 0.717) is 6.04 Å². The van der Waals surface area contributed by atoms with Crippen LogP contribution in [0.15, 0.2) is 47.6 Å². The highest BCUT2D eigenvalue weighted by Crippen LogP contribution is 2.28. The Balaban J connectivity index is 1.87. The summed E-state index contributed by atoms with van der Waals surface area (Å²) in [6.45, 7) is 6.50. The zero-order valence-electron chi connectivity index (χ0n) is 13.3. The summed E-state index contributed by atoms with van der Waals surface area (Å²) in [7, 11) is 0. The van der Waals surface area contributed by atoms with Crippen LogP contribution in [-0.2, 0) is 12.2 Å². The molecule has 0 aliphatic carbocycles. The highest BCUT2D eigenvalue weighted by molar-refractivity contribution is 7.98. The van der Waals surface area contributed by atoms with E-state index in [1.54, 1.807) is 11.8 Å². The number of hydrogen-bond acceptors (Lipinski definition) is 3. The predicted molar refractivity (Wildman–Crippen MR) is 93.3 cm³/mol. The number of fused-ring (bicyclic) bond motifs is 1. The monoisotopic (exact) mass is 311 g/mol. The van der Waals surface area contributed by atoms with E-state index >= 15 is 0 Å². The van der Waals surface area contributed by atoms with Crippen molar-refractivity contribution in [2.24, 2.45) is 0 Å². The van der Waals surface area contributed by atoms with Crippen molar-refractivity contribution < 1.29 is 0 Å². The van der Waals surface area contributed by atoms with Crippen molar-refractivity contribution in [3.8, 4) is 0 Å². The fourth-order valence-electron chi connectivity index (χ4n) is 2.73. The highest BCUT2D eigenvalue weighted by Gasteiger charge is 2.14. The lowest BCUT2D eigenvalue weighted by Crippen LogP contribution is -2.07. The molecule has 3 aromatic rings. The fourth-order valence-corrected chi connectivity index (χ4v) is 3.82. The van der Waals surface area contributed by atoms with Gasteiger partial charge < -0.3 is 4.57 Å². The van der Waals surface area contributed by atoms with Gasteiger partial charge in [-0.25, -0.2) is 0 Å². The van der Waals surface area contributed by atoms with Gasteiger partial charge in [0.25, 0.3) is 0 Å². The lowest BCUT2D eigenvalue weighted by molar-refractivity contribution is 0.528. The van der Waals surface area contributed by atoms with E-state index in [9.17, 15) is 0 Å². The third kappa shape index (κ3) is 2.88.